The summed E-state index contributed by atoms with van der Waals surface area (Å²) in [6.07, 6.45) is 1.64. The Morgan fingerprint density at radius 1 is 1.09 bits per heavy atom. The fourth-order valence-corrected chi connectivity index (χ4v) is 6.48. The van der Waals surface area contributed by atoms with Crippen LogP contribution in [0.15, 0.2) is 59.5 Å². The molecular weight excluding hydrogens is 464 g/mol. The third-order valence-corrected chi connectivity index (χ3v) is 8.94. The van der Waals surface area contributed by atoms with Gasteiger partial charge in [0.15, 0.2) is 0 Å². The Morgan fingerprint density at radius 3 is 2.57 bits per heavy atom. The van der Waals surface area contributed by atoms with Crippen molar-refractivity contribution < 1.29 is 23.3 Å². The molecule has 0 aliphatic carbocycles. The Hall–Kier alpha value is -2.55. The molecule has 7 nitrogen and oxygen atoms in total. The first-order chi connectivity index (χ1) is 17.0. The average molecular weight is 497 g/mol. The van der Waals surface area contributed by atoms with Gasteiger partial charge >= 0.3 is 0 Å². The third kappa shape index (κ3) is 5.06. The lowest BCUT2D eigenvalue weighted by Gasteiger charge is -2.42. The van der Waals surface area contributed by atoms with E-state index in [2.05, 4.69) is 6.07 Å². The van der Waals surface area contributed by atoms with Gasteiger partial charge in [0.05, 0.1) is 30.6 Å². The van der Waals surface area contributed by atoms with Gasteiger partial charge in [0.1, 0.15) is 10.9 Å². The fourth-order valence-electron chi connectivity index (χ4n) is 5.33. The third-order valence-electron chi connectivity index (χ3n) is 7.36. The Morgan fingerprint density at radius 2 is 1.83 bits per heavy atom. The topological polar surface area (TPSA) is 76.2 Å². The molecule has 4 atom stereocenters. The molecule has 186 valence electrons. The first-order valence-electron chi connectivity index (χ1n) is 12.3. The Labute approximate surface area is 208 Å². The zero-order valence-electron chi connectivity index (χ0n) is 20.1. The maximum Gasteiger partial charge on any atom is 0.238 e. The van der Waals surface area contributed by atoms with Crippen LogP contribution in [0.4, 0.5) is 0 Å². The van der Waals surface area contributed by atoms with Crippen LogP contribution in [-0.2, 0) is 42.8 Å². The molecule has 2 amide bonds. The number of morpholine rings is 1. The van der Waals surface area contributed by atoms with Crippen molar-refractivity contribution in [2.45, 2.75) is 54.5 Å². The molecule has 3 aliphatic rings. The van der Waals surface area contributed by atoms with Gasteiger partial charge in [0, 0.05) is 43.5 Å². The lowest BCUT2D eigenvalue weighted by molar-refractivity contribution is -0.152. The molecule has 0 aromatic heterocycles. The highest BCUT2D eigenvalue weighted by molar-refractivity contribution is 7.86. The lowest BCUT2D eigenvalue weighted by atomic mass is 9.91. The monoisotopic (exact) mass is 496 g/mol. The molecule has 0 unspecified atom stereocenters. The number of carbonyl (C=O) groups is 2. The summed E-state index contributed by atoms with van der Waals surface area (Å²) >= 11 is 0. The Bertz CT molecular complexity index is 1100. The molecule has 2 aromatic rings. The SMILES string of the molecule is C[C@@H](C(=O)N1Cc2ccccc2C[C@@H]1CC(=O)N1CCO[C@]2(CCOC2)C1)[S@](=O)c1ccccc1. The predicted octanol–water partition coefficient (Wildman–Crippen LogP) is 2.54. The van der Waals surface area contributed by atoms with Crippen molar-refractivity contribution in [3.8, 4) is 0 Å². The zero-order valence-corrected chi connectivity index (χ0v) is 20.9. The second kappa shape index (κ2) is 10.2. The average Bonchev–Trinajstić information content (AvgIpc) is 3.34. The molecule has 0 bridgehead atoms. The van der Waals surface area contributed by atoms with Crippen LogP contribution >= 0.6 is 0 Å². The molecule has 0 radical (unpaired) electrons. The Kier molecular flexibility index (Phi) is 7.05. The van der Waals surface area contributed by atoms with E-state index in [1.54, 1.807) is 24.0 Å². The zero-order chi connectivity index (χ0) is 24.4. The highest BCUT2D eigenvalue weighted by atomic mass is 32.2. The van der Waals surface area contributed by atoms with Crippen LogP contribution < -0.4 is 0 Å². The summed E-state index contributed by atoms with van der Waals surface area (Å²) in [7, 11) is -1.47. The summed E-state index contributed by atoms with van der Waals surface area (Å²) < 4.78 is 24.7. The predicted molar refractivity (Wildman–Crippen MR) is 132 cm³/mol. The van der Waals surface area contributed by atoms with Gasteiger partial charge in [0.25, 0.3) is 0 Å². The van der Waals surface area contributed by atoms with E-state index in [1.165, 1.54) is 0 Å². The molecule has 0 N–H and O–H groups in total. The van der Waals surface area contributed by atoms with Crippen LogP contribution in [0.3, 0.4) is 0 Å². The van der Waals surface area contributed by atoms with E-state index in [9.17, 15) is 13.8 Å². The minimum atomic E-state index is -1.47. The maximum absolute atomic E-state index is 13.7. The van der Waals surface area contributed by atoms with Crippen molar-refractivity contribution in [3.63, 3.8) is 0 Å². The molecule has 1 spiro atoms. The number of fused-ring (bicyclic) bond motifs is 1. The minimum Gasteiger partial charge on any atom is -0.378 e. The molecule has 2 fully saturated rings. The van der Waals surface area contributed by atoms with Crippen LogP contribution in [0.25, 0.3) is 0 Å². The quantitative estimate of drug-likeness (QED) is 0.636. The normalized spacial score (nSPS) is 25.8. The van der Waals surface area contributed by atoms with Crippen molar-refractivity contribution in [1.29, 1.82) is 0 Å². The van der Waals surface area contributed by atoms with Gasteiger partial charge in [0.2, 0.25) is 11.8 Å². The standard InChI is InChI=1S/C27H32N2O5S/c1-20(35(32)24-9-3-2-4-10-24)26(31)29-17-22-8-6-5-7-21(22)15-23(29)16-25(30)28-12-14-34-27(18-28)11-13-33-19-27/h2-10,20,23H,11-19H2,1H3/t20-,23+,27+,35-/m0/s1. The number of benzene rings is 2. The fraction of sp³-hybridized carbons (Fsp3) is 0.481. The number of hydrogen-bond acceptors (Lipinski definition) is 5. The molecule has 35 heavy (non-hydrogen) atoms. The van der Waals surface area contributed by atoms with Crippen LogP contribution in [0.5, 0.6) is 0 Å². The smallest absolute Gasteiger partial charge is 0.238 e. The number of amides is 2. The van der Waals surface area contributed by atoms with E-state index in [-0.39, 0.29) is 24.3 Å². The largest absolute Gasteiger partial charge is 0.378 e. The van der Waals surface area contributed by atoms with Gasteiger partial charge < -0.3 is 19.3 Å². The van der Waals surface area contributed by atoms with Crippen molar-refractivity contribution in [1.82, 2.24) is 9.80 Å². The second-order valence-corrected chi connectivity index (χ2v) is 11.5. The van der Waals surface area contributed by atoms with E-state index in [1.807, 2.05) is 41.3 Å². The highest BCUT2D eigenvalue weighted by Gasteiger charge is 2.43. The van der Waals surface area contributed by atoms with Crippen LogP contribution in [0, 0.1) is 0 Å². The number of rotatable bonds is 5. The first kappa shape index (κ1) is 24.2. The minimum absolute atomic E-state index is 0.0265. The number of hydrogen-bond donors (Lipinski definition) is 0. The van der Waals surface area contributed by atoms with E-state index < -0.39 is 21.7 Å². The van der Waals surface area contributed by atoms with Gasteiger partial charge in [-0.25, -0.2) is 0 Å². The second-order valence-electron chi connectivity index (χ2n) is 9.70. The number of carbonyl (C=O) groups excluding carboxylic acids is 2. The van der Waals surface area contributed by atoms with Crippen molar-refractivity contribution in [3.05, 3.63) is 65.7 Å². The maximum atomic E-state index is 13.7. The van der Waals surface area contributed by atoms with Gasteiger partial charge in [-0.3, -0.25) is 13.8 Å². The summed E-state index contributed by atoms with van der Waals surface area (Å²) in [4.78, 5) is 31.4. The van der Waals surface area contributed by atoms with Crippen LogP contribution in [0.2, 0.25) is 0 Å². The van der Waals surface area contributed by atoms with Crippen LogP contribution in [0.1, 0.15) is 30.9 Å². The number of nitrogens with zero attached hydrogens (tertiary/aromatic N) is 2. The summed E-state index contributed by atoms with van der Waals surface area (Å²) in [5.41, 5.74) is 1.84. The molecule has 3 heterocycles. The molecular formula is C27H32N2O5S. The van der Waals surface area contributed by atoms with Crippen LogP contribution in [-0.4, -0.2) is 75.6 Å². The Balaban J connectivity index is 1.34. The van der Waals surface area contributed by atoms with Gasteiger partial charge in [-0.15, -0.1) is 0 Å². The summed E-state index contributed by atoms with van der Waals surface area (Å²) in [6.45, 7) is 4.88. The van der Waals surface area contributed by atoms with Crippen molar-refractivity contribution in [2.75, 3.05) is 32.9 Å². The molecule has 3 aliphatic heterocycles. The van der Waals surface area contributed by atoms with E-state index >= 15 is 0 Å². The number of ether oxygens (including phenoxy) is 2. The van der Waals surface area contributed by atoms with Gasteiger partial charge in [-0.05, 0) is 36.6 Å². The van der Waals surface area contributed by atoms with E-state index in [0.717, 1.165) is 17.5 Å². The van der Waals surface area contributed by atoms with Gasteiger partial charge in [-0.1, -0.05) is 42.5 Å². The highest BCUT2D eigenvalue weighted by Crippen LogP contribution is 2.30. The van der Waals surface area contributed by atoms with Crippen molar-refractivity contribution in [2.24, 2.45) is 0 Å². The summed E-state index contributed by atoms with van der Waals surface area (Å²) in [5, 5.41) is -0.706. The summed E-state index contributed by atoms with van der Waals surface area (Å²) in [6, 6.07) is 16.9. The molecule has 0 saturated carbocycles. The van der Waals surface area contributed by atoms with Crippen molar-refractivity contribution >= 4 is 22.6 Å². The van der Waals surface area contributed by atoms with E-state index in [0.29, 0.717) is 50.8 Å². The van der Waals surface area contributed by atoms with E-state index in [4.69, 9.17) is 9.47 Å². The van der Waals surface area contributed by atoms with Gasteiger partial charge in [-0.2, -0.15) is 0 Å². The first-order valence-corrected chi connectivity index (χ1v) is 13.5. The molecule has 8 heteroatoms. The summed E-state index contributed by atoms with van der Waals surface area (Å²) in [5.74, 6) is -0.152. The molecule has 2 saturated heterocycles. The molecule has 2 aromatic carbocycles. The lowest BCUT2D eigenvalue weighted by Crippen LogP contribution is -2.56. The molecule has 5 rings (SSSR count).